The molecule has 2 unspecified atom stereocenters. The van der Waals surface area contributed by atoms with Crippen LogP contribution in [0.2, 0.25) is 0 Å². The zero-order valence-corrected chi connectivity index (χ0v) is 21.2. The lowest BCUT2D eigenvalue weighted by molar-refractivity contribution is -0.151. The highest BCUT2D eigenvalue weighted by atomic mass is 32.2. The van der Waals surface area contributed by atoms with Gasteiger partial charge < -0.3 is 5.11 Å². The SMILES string of the molecule is O=C(O)C12C[C@H](Sc3ccccc3)C1Sc1c(C3CC3)c(Cc3cccc4ccccc34)cc(=O)n12. The van der Waals surface area contributed by atoms with Crippen LogP contribution in [0.3, 0.4) is 0 Å². The average molecular weight is 512 g/mol. The van der Waals surface area contributed by atoms with Crippen LogP contribution in [0, 0.1) is 0 Å². The van der Waals surface area contributed by atoms with E-state index >= 15 is 0 Å². The molecule has 0 spiro atoms. The number of pyridine rings is 1. The first kappa shape index (κ1) is 22.3. The van der Waals surface area contributed by atoms with Crippen molar-refractivity contribution in [2.24, 2.45) is 0 Å². The molecule has 4 nitrogen and oxygen atoms in total. The highest BCUT2D eigenvalue weighted by molar-refractivity contribution is 8.04. The number of rotatable bonds is 6. The molecule has 0 saturated heterocycles. The Hall–Kier alpha value is -2.96. The molecule has 2 aliphatic carbocycles. The number of hydrogen-bond acceptors (Lipinski definition) is 4. The van der Waals surface area contributed by atoms with Crippen molar-refractivity contribution in [3.8, 4) is 0 Å². The van der Waals surface area contributed by atoms with Gasteiger partial charge in [0.2, 0.25) is 0 Å². The van der Waals surface area contributed by atoms with E-state index in [-0.39, 0.29) is 16.1 Å². The summed E-state index contributed by atoms with van der Waals surface area (Å²) in [6.07, 6.45) is 3.35. The average Bonchev–Trinajstić information content (AvgIpc) is 3.67. The van der Waals surface area contributed by atoms with Crippen molar-refractivity contribution in [2.45, 2.75) is 57.6 Å². The van der Waals surface area contributed by atoms with E-state index in [1.807, 2.05) is 24.3 Å². The van der Waals surface area contributed by atoms with Crippen LogP contribution in [-0.2, 0) is 16.8 Å². The molecule has 3 aliphatic rings. The highest BCUT2D eigenvalue weighted by Crippen LogP contribution is 2.62. The van der Waals surface area contributed by atoms with Gasteiger partial charge in [-0.3, -0.25) is 9.36 Å². The lowest BCUT2D eigenvalue weighted by Crippen LogP contribution is -2.63. The van der Waals surface area contributed by atoms with E-state index in [1.165, 1.54) is 21.9 Å². The number of carboxylic acids is 1. The smallest absolute Gasteiger partial charge is 0.331 e. The molecule has 4 aromatic rings. The third kappa shape index (κ3) is 3.31. The van der Waals surface area contributed by atoms with Crippen molar-refractivity contribution in [3.05, 3.63) is 106 Å². The van der Waals surface area contributed by atoms with Crippen molar-refractivity contribution in [2.75, 3.05) is 0 Å². The Morgan fingerprint density at radius 3 is 2.53 bits per heavy atom. The van der Waals surface area contributed by atoms with Crippen LogP contribution in [0.5, 0.6) is 0 Å². The van der Waals surface area contributed by atoms with E-state index in [1.54, 1.807) is 34.2 Å². The second-order valence-electron chi connectivity index (χ2n) is 10.1. The molecule has 180 valence electrons. The highest BCUT2D eigenvalue weighted by Gasteiger charge is 2.66. The summed E-state index contributed by atoms with van der Waals surface area (Å²) >= 11 is 3.38. The standard InChI is InChI=1S/C30H25NO3S2/c32-25-16-21(15-20-9-6-8-18-7-4-5-12-23(18)20)26(19-13-14-19)28-31(25)30(29(33)34)17-24(27(30)36-28)35-22-10-2-1-3-11-22/h1-12,16,19,24,27H,13-15,17H2,(H,33,34)/t24-,27?,30?/m0/s1. The molecule has 1 aliphatic heterocycles. The Labute approximate surface area is 217 Å². The lowest BCUT2D eigenvalue weighted by Gasteiger charge is -2.47. The summed E-state index contributed by atoms with van der Waals surface area (Å²) in [5.41, 5.74) is 2.16. The largest absolute Gasteiger partial charge is 0.479 e. The summed E-state index contributed by atoms with van der Waals surface area (Å²) in [6, 6.07) is 26.6. The first-order chi connectivity index (χ1) is 17.6. The first-order valence-corrected chi connectivity index (χ1v) is 14.2. The van der Waals surface area contributed by atoms with Gasteiger partial charge in [-0.2, -0.15) is 0 Å². The van der Waals surface area contributed by atoms with Crippen molar-refractivity contribution in [1.82, 2.24) is 4.57 Å². The van der Waals surface area contributed by atoms with E-state index in [2.05, 4.69) is 48.5 Å². The van der Waals surface area contributed by atoms with Crippen LogP contribution in [0.1, 0.15) is 41.9 Å². The summed E-state index contributed by atoms with van der Waals surface area (Å²) in [4.78, 5) is 27.5. The molecule has 2 heterocycles. The van der Waals surface area contributed by atoms with Gasteiger partial charge in [0.05, 0.1) is 10.3 Å². The van der Waals surface area contributed by atoms with Crippen LogP contribution in [-0.4, -0.2) is 26.1 Å². The molecule has 0 bridgehead atoms. The van der Waals surface area contributed by atoms with Gasteiger partial charge in [-0.15, -0.1) is 23.5 Å². The van der Waals surface area contributed by atoms with Crippen LogP contribution >= 0.6 is 23.5 Å². The molecule has 7 rings (SSSR count). The molecule has 3 aromatic carbocycles. The number of nitrogens with zero attached hydrogens (tertiary/aromatic N) is 1. The number of thioether (sulfide) groups is 2. The van der Waals surface area contributed by atoms with Crippen LogP contribution in [0.25, 0.3) is 10.8 Å². The summed E-state index contributed by atoms with van der Waals surface area (Å²) in [5.74, 6) is -0.470. The number of hydrogen-bond donors (Lipinski definition) is 1. The van der Waals surface area contributed by atoms with Crippen molar-refractivity contribution < 1.29 is 9.90 Å². The number of aromatic nitrogens is 1. The first-order valence-electron chi connectivity index (χ1n) is 12.4. The number of benzene rings is 3. The van der Waals surface area contributed by atoms with E-state index < -0.39 is 11.5 Å². The third-order valence-electron chi connectivity index (χ3n) is 7.90. The van der Waals surface area contributed by atoms with Gasteiger partial charge in [-0.05, 0) is 71.2 Å². The Kier molecular flexibility index (Phi) is 5.12. The van der Waals surface area contributed by atoms with Crippen LogP contribution < -0.4 is 5.56 Å². The van der Waals surface area contributed by atoms with Crippen molar-refractivity contribution in [3.63, 3.8) is 0 Å². The maximum absolute atomic E-state index is 13.6. The zero-order valence-electron chi connectivity index (χ0n) is 19.6. The quantitative estimate of drug-likeness (QED) is 0.330. The van der Waals surface area contributed by atoms with Gasteiger partial charge in [0, 0.05) is 16.2 Å². The molecule has 0 radical (unpaired) electrons. The number of fused-ring (bicyclic) bond motifs is 4. The Morgan fingerprint density at radius 2 is 1.75 bits per heavy atom. The molecule has 0 amide bonds. The minimum atomic E-state index is -1.15. The van der Waals surface area contributed by atoms with E-state index in [0.29, 0.717) is 18.8 Å². The predicted octanol–water partition coefficient (Wildman–Crippen LogP) is 6.29. The maximum atomic E-state index is 13.6. The number of carbonyl (C=O) groups is 1. The molecule has 2 saturated carbocycles. The Balaban J connectivity index is 1.32. The normalized spacial score (nSPS) is 24.2. The summed E-state index contributed by atoms with van der Waals surface area (Å²) < 4.78 is 1.66. The second-order valence-corrected chi connectivity index (χ2v) is 12.5. The Bertz CT molecular complexity index is 1570. The van der Waals surface area contributed by atoms with E-state index in [4.69, 9.17) is 0 Å². The van der Waals surface area contributed by atoms with Gasteiger partial charge >= 0.3 is 5.97 Å². The van der Waals surface area contributed by atoms with Gasteiger partial charge in [-0.1, -0.05) is 60.7 Å². The fourth-order valence-corrected chi connectivity index (χ4v) is 9.47. The van der Waals surface area contributed by atoms with Gasteiger partial charge in [-0.25, -0.2) is 4.79 Å². The topological polar surface area (TPSA) is 59.3 Å². The second kappa shape index (κ2) is 8.29. The molecular formula is C30H25NO3S2. The minimum absolute atomic E-state index is 0.154. The van der Waals surface area contributed by atoms with Crippen molar-refractivity contribution >= 4 is 40.3 Å². The third-order valence-corrected chi connectivity index (χ3v) is 11.0. The molecular weight excluding hydrogens is 486 g/mol. The molecule has 2 fully saturated rings. The van der Waals surface area contributed by atoms with Crippen LogP contribution in [0.15, 0.2) is 93.6 Å². The fraction of sp³-hybridized carbons (Fsp3) is 0.267. The van der Waals surface area contributed by atoms with E-state index in [0.717, 1.165) is 28.3 Å². The summed E-state index contributed by atoms with van der Waals surface area (Å²) in [7, 11) is 0. The summed E-state index contributed by atoms with van der Waals surface area (Å²) in [5, 5.41) is 13.7. The number of carboxylic acid groups (broad SMARTS) is 1. The summed E-state index contributed by atoms with van der Waals surface area (Å²) in [6.45, 7) is 0. The van der Waals surface area contributed by atoms with Crippen molar-refractivity contribution in [1.29, 1.82) is 0 Å². The van der Waals surface area contributed by atoms with Gasteiger partial charge in [0.25, 0.3) is 5.56 Å². The monoisotopic (exact) mass is 511 g/mol. The molecule has 6 heteroatoms. The van der Waals surface area contributed by atoms with Gasteiger partial charge in [0.1, 0.15) is 0 Å². The fourth-order valence-electron chi connectivity index (χ4n) is 6.02. The molecule has 1 aromatic heterocycles. The Morgan fingerprint density at radius 1 is 1.00 bits per heavy atom. The van der Waals surface area contributed by atoms with Crippen LogP contribution in [0.4, 0.5) is 0 Å². The van der Waals surface area contributed by atoms with E-state index in [9.17, 15) is 14.7 Å². The number of aliphatic carboxylic acids is 1. The minimum Gasteiger partial charge on any atom is -0.479 e. The molecule has 1 N–H and O–H groups in total. The van der Waals surface area contributed by atoms with Gasteiger partial charge in [0.15, 0.2) is 5.54 Å². The predicted molar refractivity (Wildman–Crippen MR) is 145 cm³/mol. The lowest BCUT2D eigenvalue weighted by atomic mass is 9.75. The maximum Gasteiger partial charge on any atom is 0.331 e. The zero-order chi connectivity index (χ0) is 24.4. The molecule has 3 atom stereocenters. The molecule has 36 heavy (non-hydrogen) atoms.